The van der Waals surface area contributed by atoms with Crippen molar-refractivity contribution in [3.05, 3.63) is 117 Å². The van der Waals surface area contributed by atoms with Gasteiger partial charge in [-0.15, -0.1) is 0 Å². The van der Waals surface area contributed by atoms with Gasteiger partial charge < -0.3 is 4.90 Å². The Morgan fingerprint density at radius 3 is 2.29 bits per heavy atom. The Balaban J connectivity index is 1.86. The zero-order valence-electron chi connectivity index (χ0n) is 18.8. The van der Waals surface area contributed by atoms with E-state index in [1.165, 1.54) is 12.1 Å². The molecule has 0 amide bonds. The summed E-state index contributed by atoms with van der Waals surface area (Å²) < 4.78 is 0. The monoisotopic (exact) mass is 460 g/mol. The molecule has 4 unspecified atom stereocenters. The third-order valence-corrected chi connectivity index (χ3v) is 7.41. The van der Waals surface area contributed by atoms with E-state index in [1.54, 1.807) is 60.5 Å². The first kappa shape index (κ1) is 22.1. The number of nitrogens with zero attached hydrogens (tertiary/aromatic N) is 4. The second-order valence-corrected chi connectivity index (χ2v) is 8.90. The number of ketones is 1. The SMILES string of the molecule is CC12c3ccc([N+](=O)[O-])cc3C=CN1C(C#N)C(c1ccccc1)C2(C#N)C(=O)c1ccccc1. The maximum absolute atomic E-state index is 14.4. The largest absolute Gasteiger partial charge is 0.350 e. The topological polar surface area (TPSA) is 111 Å². The Morgan fingerprint density at radius 2 is 1.69 bits per heavy atom. The summed E-state index contributed by atoms with van der Waals surface area (Å²) in [7, 11) is 0. The normalized spacial score (nSPS) is 26.2. The molecule has 1 saturated heterocycles. The number of Topliss-reactive ketones (excluding diaryl/α,β-unsaturated/α-hetero) is 1. The molecule has 0 N–H and O–H groups in total. The lowest BCUT2D eigenvalue weighted by Crippen LogP contribution is -2.53. The van der Waals surface area contributed by atoms with Crippen LogP contribution >= 0.6 is 0 Å². The molecular formula is C28H20N4O3. The number of nitriles is 2. The van der Waals surface area contributed by atoms with Crippen LogP contribution in [0.2, 0.25) is 0 Å². The average molecular weight is 460 g/mol. The third kappa shape index (κ3) is 2.85. The molecule has 1 fully saturated rings. The summed E-state index contributed by atoms with van der Waals surface area (Å²) in [6.07, 6.45) is 3.39. The smallest absolute Gasteiger partial charge is 0.270 e. The number of nitro benzene ring substituents is 1. The van der Waals surface area contributed by atoms with Gasteiger partial charge in [0.2, 0.25) is 0 Å². The van der Waals surface area contributed by atoms with Gasteiger partial charge in [0.25, 0.3) is 5.69 Å². The number of nitro groups is 1. The van der Waals surface area contributed by atoms with E-state index in [9.17, 15) is 25.4 Å². The van der Waals surface area contributed by atoms with Gasteiger partial charge in [-0.05, 0) is 35.8 Å². The summed E-state index contributed by atoms with van der Waals surface area (Å²) in [5.41, 5.74) is -0.846. The van der Waals surface area contributed by atoms with Crippen molar-refractivity contribution < 1.29 is 9.72 Å². The molecule has 0 spiro atoms. The Labute approximate surface area is 202 Å². The molecule has 0 aromatic heterocycles. The van der Waals surface area contributed by atoms with Crippen molar-refractivity contribution in [1.82, 2.24) is 4.90 Å². The van der Waals surface area contributed by atoms with E-state index in [2.05, 4.69) is 12.1 Å². The van der Waals surface area contributed by atoms with E-state index in [0.29, 0.717) is 22.3 Å². The Morgan fingerprint density at radius 1 is 1.03 bits per heavy atom. The second-order valence-electron chi connectivity index (χ2n) is 8.90. The van der Waals surface area contributed by atoms with Crippen LogP contribution in [0.15, 0.2) is 85.1 Å². The lowest BCUT2D eigenvalue weighted by molar-refractivity contribution is -0.384. The number of benzene rings is 3. The van der Waals surface area contributed by atoms with E-state index < -0.39 is 27.8 Å². The third-order valence-electron chi connectivity index (χ3n) is 7.41. The van der Waals surface area contributed by atoms with Crippen LogP contribution in [-0.2, 0) is 5.54 Å². The Kier molecular flexibility index (Phi) is 5.00. The second kappa shape index (κ2) is 7.93. The molecule has 0 bridgehead atoms. The van der Waals surface area contributed by atoms with Crippen molar-refractivity contribution in [1.29, 1.82) is 10.5 Å². The zero-order valence-corrected chi connectivity index (χ0v) is 18.8. The maximum Gasteiger partial charge on any atom is 0.270 e. The molecule has 3 aromatic carbocycles. The first-order valence-corrected chi connectivity index (χ1v) is 11.1. The number of non-ortho nitro benzene ring substituents is 1. The van der Waals surface area contributed by atoms with Crippen LogP contribution in [0.5, 0.6) is 0 Å². The average Bonchev–Trinajstić information content (AvgIpc) is 3.14. The molecule has 0 saturated carbocycles. The number of hydrogen-bond donors (Lipinski definition) is 0. The highest BCUT2D eigenvalue weighted by Crippen LogP contribution is 2.64. The molecule has 2 heterocycles. The summed E-state index contributed by atoms with van der Waals surface area (Å²) in [5, 5.41) is 32.7. The molecule has 0 aliphatic carbocycles. The molecular weight excluding hydrogens is 440 g/mol. The fourth-order valence-electron chi connectivity index (χ4n) is 5.82. The van der Waals surface area contributed by atoms with E-state index in [1.807, 2.05) is 30.3 Å². The van der Waals surface area contributed by atoms with Gasteiger partial charge in [0.05, 0.1) is 22.6 Å². The van der Waals surface area contributed by atoms with Crippen LogP contribution in [0.25, 0.3) is 6.08 Å². The van der Waals surface area contributed by atoms with Crippen molar-refractivity contribution in [2.24, 2.45) is 5.41 Å². The molecule has 5 rings (SSSR count). The van der Waals surface area contributed by atoms with Gasteiger partial charge in [-0.1, -0.05) is 60.7 Å². The minimum absolute atomic E-state index is 0.0863. The van der Waals surface area contributed by atoms with Gasteiger partial charge in [0.15, 0.2) is 11.2 Å². The van der Waals surface area contributed by atoms with Crippen molar-refractivity contribution in [2.75, 3.05) is 0 Å². The summed E-state index contributed by atoms with van der Waals surface area (Å²) in [6, 6.07) is 26.1. The Hall–Kier alpha value is -4.75. The predicted molar refractivity (Wildman–Crippen MR) is 129 cm³/mol. The van der Waals surface area contributed by atoms with E-state index >= 15 is 0 Å². The molecule has 0 radical (unpaired) electrons. The van der Waals surface area contributed by atoms with E-state index in [-0.39, 0.29) is 11.5 Å². The summed E-state index contributed by atoms with van der Waals surface area (Å²) in [6.45, 7) is 1.79. The van der Waals surface area contributed by atoms with Crippen molar-refractivity contribution in [3.63, 3.8) is 0 Å². The van der Waals surface area contributed by atoms with E-state index in [0.717, 1.165) is 0 Å². The highest BCUT2D eigenvalue weighted by atomic mass is 16.6. The molecule has 2 aliphatic heterocycles. The van der Waals surface area contributed by atoms with E-state index in [4.69, 9.17) is 0 Å². The summed E-state index contributed by atoms with van der Waals surface area (Å²) >= 11 is 0. The molecule has 2 aliphatic rings. The summed E-state index contributed by atoms with van der Waals surface area (Å²) in [4.78, 5) is 27.1. The van der Waals surface area contributed by atoms with Crippen molar-refractivity contribution in [2.45, 2.75) is 24.4 Å². The molecule has 170 valence electrons. The highest BCUT2D eigenvalue weighted by Gasteiger charge is 2.71. The van der Waals surface area contributed by atoms with Crippen LogP contribution in [0.1, 0.15) is 39.9 Å². The van der Waals surface area contributed by atoms with Crippen LogP contribution in [0, 0.1) is 38.2 Å². The summed E-state index contributed by atoms with van der Waals surface area (Å²) in [5.74, 6) is -1.17. The fourth-order valence-corrected chi connectivity index (χ4v) is 5.82. The zero-order chi connectivity index (χ0) is 24.8. The van der Waals surface area contributed by atoms with Gasteiger partial charge in [-0.2, -0.15) is 10.5 Å². The molecule has 7 heteroatoms. The van der Waals surface area contributed by atoms with Crippen LogP contribution in [0.4, 0.5) is 5.69 Å². The number of hydrogen-bond acceptors (Lipinski definition) is 6. The van der Waals surface area contributed by atoms with Crippen molar-refractivity contribution in [3.8, 4) is 12.1 Å². The lowest BCUT2D eigenvalue weighted by atomic mass is 9.57. The first-order valence-electron chi connectivity index (χ1n) is 11.1. The van der Waals surface area contributed by atoms with Gasteiger partial charge in [-0.3, -0.25) is 14.9 Å². The Bertz CT molecular complexity index is 1460. The number of carbonyl (C=O) groups excluding carboxylic acids is 1. The molecule has 35 heavy (non-hydrogen) atoms. The van der Waals surface area contributed by atoms with Crippen LogP contribution < -0.4 is 0 Å². The van der Waals surface area contributed by atoms with Crippen molar-refractivity contribution >= 4 is 17.5 Å². The quantitative estimate of drug-likeness (QED) is 0.301. The van der Waals surface area contributed by atoms with Gasteiger partial charge in [0.1, 0.15) is 6.04 Å². The minimum atomic E-state index is -1.70. The lowest BCUT2D eigenvalue weighted by Gasteiger charge is -2.46. The molecule has 7 nitrogen and oxygen atoms in total. The van der Waals surface area contributed by atoms with Crippen LogP contribution in [-0.4, -0.2) is 21.6 Å². The number of carbonyl (C=O) groups is 1. The number of rotatable bonds is 4. The first-order chi connectivity index (χ1) is 16.9. The van der Waals surface area contributed by atoms with Crippen LogP contribution in [0.3, 0.4) is 0 Å². The van der Waals surface area contributed by atoms with Gasteiger partial charge >= 0.3 is 0 Å². The predicted octanol–water partition coefficient (Wildman–Crippen LogP) is 5.18. The van der Waals surface area contributed by atoms with Gasteiger partial charge in [0, 0.05) is 29.8 Å². The highest BCUT2D eigenvalue weighted by molar-refractivity contribution is 6.05. The minimum Gasteiger partial charge on any atom is -0.350 e. The standard InChI is InChI=1S/C28H20N4O3/c1-27-23-13-12-22(32(34)35)16-21(23)14-15-31(27)24(17-29)25(19-8-4-2-5-9-19)28(27,18-30)26(33)20-10-6-3-7-11-20/h2-16,24-25H,1H3. The number of fused-ring (bicyclic) bond motifs is 3. The maximum atomic E-state index is 14.4. The fraction of sp³-hybridized carbons (Fsp3) is 0.179. The molecule has 4 atom stereocenters. The van der Waals surface area contributed by atoms with Gasteiger partial charge in [-0.25, -0.2) is 0 Å². The molecule has 3 aromatic rings.